The van der Waals surface area contributed by atoms with Gasteiger partial charge < -0.3 is 20.1 Å². The fourth-order valence-corrected chi connectivity index (χ4v) is 3.03. The van der Waals surface area contributed by atoms with E-state index in [1.54, 1.807) is 11.2 Å². The van der Waals surface area contributed by atoms with E-state index in [0.717, 1.165) is 17.5 Å². The van der Waals surface area contributed by atoms with E-state index in [4.69, 9.17) is 0 Å². The number of carbonyl (C=O) groups excluding carboxylic acids is 2. The molecule has 1 aliphatic rings. The number of nitrogens with one attached hydrogen (secondary N) is 2. The van der Waals surface area contributed by atoms with E-state index in [9.17, 15) is 9.59 Å². The summed E-state index contributed by atoms with van der Waals surface area (Å²) in [7, 11) is 0. The lowest BCUT2D eigenvalue weighted by molar-refractivity contribution is 0.0762. The second-order valence-electron chi connectivity index (χ2n) is 7.99. The Morgan fingerprint density at radius 3 is 2.65 bits per heavy atom. The van der Waals surface area contributed by atoms with Crippen molar-refractivity contribution in [3.63, 3.8) is 0 Å². The van der Waals surface area contributed by atoms with E-state index in [-0.39, 0.29) is 17.4 Å². The third-order valence-corrected chi connectivity index (χ3v) is 4.51. The minimum atomic E-state index is -0.0481. The molecule has 0 unspecified atom stereocenters. The number of benzene rings is 1. The molecular formula is C19H27N5O2. The maximum Gasteiger partial charge on any atom is 0.317 e. The lowest BCUT2D eigenvalue weighted by Crippen LogP contribution is -2.44. The Balaban J connectivity index is 1.60. The molecule has 2 heterocycles. The lowest BCUT2D eigenvalue weighted by Gasteiger charge is -2.25. The summed E-state index contributed by atoms with van der Waals surface area (Å²) < 4.78 is 0. The number of hydrogen-bond donors (Lipinski definition) is 2. The summed E-state index contributed by atoms with van der Waals surface area (Å²) in [5, 5.41) is 2.99. The molecule has 7 heteroatoms. The van der Waals surface area contributed by atoms with Crippen LogP contribution in [-0.2, 0) is 0 Å². The molecule has 0 bridgehead atoms. The van der Waals surface area contributed by atoms with Crippen LogP contribution in [0.2, 0.25) is 0 Å². The molecule has 7 nitrogen and oxygen atoms in total. The van der Waals surface area contributed by atoms with Gasteiger partial charge in [-0.3, -0.25) is 4.79 Å². The van der Waals surface area contributed by atoms with Gasteiger partial charge in [-0.05, 0) is 30.0 Å². The van der Waals surface area contributed by atoms with Crippen LogP contribution in [0.3, 0.4) is 0 Å². The van der Waals surface area contributed by atoms with Crippen molar-refractivity contribution >= 4 is 23.0 Å². The second kappa shape index (κ2) is 7.35. The van der Waals surface area contributed by atoms with Crippen molar-refractivity contribution in [3.05, 3.63) is 30.1 Å². The van der Waals surface area contributed by atoms with Crippen LogP contribution in [0.4, 0.5) is 4.79 Å². The normalized spacial score (nSPS) is 15.8. The quantitative estimate of drug-likeness (QED) is 0.866. The van der Waals surface area contributed by atoms with Crippen LogP contribution in [-0.4, -0.2) is 64.4 Å². The number of nitrogens with zero attached hydrogens (tertiary/aromatic N) is 3. The fourth-order valence-electron chi connectivity index (χ4n) is 3.03. The molecule has 3 rings (SSSR count). The van der Waals surface area contributed by atoms with Gasteiger partial charge in [-0.1, -0.05) is 20.8 Å². The zero-order chi connectivity index (χ0) is 18.7. The van der Waals surface area contributed by atoms with Crippen molar-refractivity contribution in [2.45, 2.75) is 27.2 Å². The average Bonchev–Trinajstić information content (AvgIpc) is 2.93. The Hall–Kier alpha value is -2.57. The number of amides is 3. The van der Waals surface area contributed by atoms with Gasteiger partial charge in [0.1, 0.15) is 0 Å². The van der Waals surface area contributed by atoms with E-state index in [1.165, 1.54) is 0 Å². The third kappa shape index (κ3) is 4.33. The van der Waals surface area contributed by atoms with Crippen molar-refractivity contribution in [1.29, 1.82) is 0 Å². The minimum absolute atomic E-state index is 0.00144. The summed E-state index contributed by atoms with van der Waals surface area (Å²) in [5.74, 6) is -0.00144. The summed E-state index contributed by atoms with van der Waals surface area (Å²) >= 11 is 0. The van der Waals surface area contributed by atoms with Crippen molar-refractivity contribution in [2.24, 2.45) is 5.41 Å². The van der Waals surface area contributed by atoms with Crippen molar-refractivity contribution in [2.75, 3.05) is 32.7 Å². The first-order valence-corrected chi connectivity index (χ1v) is 9.09. The molecule has 1 aliphatic heterocycles. The van der Waals surface area contributed by atoms with Gasteiger partial charge in [0.15, 0.2) is 0 Å². The maximum absolute atomic E-state index is 12.8. The molecular weight excluding hydrogens is 330 g/mol. The van der Waals surface area contributed by atoms with Gasteiger partial charge in [0.2, 0.25) is 0 Å². The highest BCUT2D eigenvalue weighted by Crippen LogP contribution is 2.15. The molecule has 0 saturated carbocycles. The summed E-state index contributed by atoms with van der Waals surface area (Å²) in [6.07, 6.45) is 2.40. The number of H-pyrrole nitrogens is 1. The van der Waals surface area contributed by atoms with Gasteiger partial charge in [0.05, 0.1) is 17.4 Å². The number of fused-ring (bicyclic) bond motifs is 1. The van der Waals surface area contributed by atoms with E-state index < -0.39 is 0 Å². The third-order valence-electron chi connectivity index (χ3n) is 4.51. The smallest absolute Gasteiger partial charge is 0.317 e. The van der Waals surface area contributed by atoms with Crippen molar-refractivity contribution in [3.8, 4) is 0 Å². The highest BCUT2D eigenvalue weighted by molar-refractivity contribution is 5.97. The monoisotopic (exact) mass is 357 g/mol. The number of carbonyl (C=O) groups is 2. The molecule has 1 aromatic heterocycles. The van der Waals surface area contributed by atoms with E-state index in [2.05, 4.69) is 36.1 Å². The SMILES string of the molecule is CC(C)(C)CNC(=O)N1CCCN(C(=O)c2ccc3nc[nH]c3c2)CC1. The summed E-state index contributed by atoms with van der Waals surface area (Å²) in [4.78, 5) is 36.0. The van der Waals surface area contributed by atoms with Gasteiger partial charge in [0.25, 0.3) is 5.91 Å². The summed E-state index contributed by atoms with van der Waals surface area (Å²) in [6, 6.07) is 5.45. The first-order valence-electron chi connectivity index (χ1n) is 9.09. The first-order chi connectivity index (χ1) is 12.3. The maximum atomic E-state index is 12.8. The van der Waals surface area contributed by atoms with Crippen molar-refractivity contribution in [1.82, 2.24) is 25.1 Å². The largest absolute Gasteiger partial charge is 0.345 e. The van der Waals surface area contributed by atoms with Gasteiger partial charge in [-0.2, -0.15) is 0 Å². The highest BCUT2D eigenvalue weighted by Gasteiger charge is 2.23. The van der Waals surface area contributed by atoms with Gasteiger partial charge in [-0.25, -0.2) is 9.78 Å². The summed E-state index contributed by atoms with van der Waals surface area (Å²) in [5.41, 5.74) is 2.40. The number of urea groups is 1. The molecule has 1 aromatic carbocycles. The molecule has 2 aromatic rings. The van der Waals surface area contributed by atoms with E-state index in [1.807, 2.05) is 23.1 Å². The molecule has 0 aliphatic carbocycles. The van der Waals surface area contributed by atoms with Gasteiger partial charge in [0, 0.05) is 38.3 Å². The Morgan fingerprint density at radius 2 is 1.88 bits per heavy atom. The van der Waals surface area contributed by atoms with Crippen LogP contribution in [0.1, 0.15) is 37.6 Å². The van der Waals surface area contributed by atoms with Crippen LogP contribution in [0.5, 0.6) is 0 Å². The fraction of sp³-hybridized carbons (Fsp3) is 0.526. The van der Waals surface area contributed by atoms with Gasteiger partial charge >= 0.3 is 6.03 Å². The predicted molar refractivity (Wildman–Crippen MR) is 101 cm³/mol. The standard InChI is InChI=1S/C19H27N5O2/c1-19(2,3)12-20-18(26)24-8-4-7-23(9-10-24)17(25)14-5-6-15-16(11-14)22-13-21-15/h5-6,11,13H,4,7-10,12H2,1-3H3,(H,20,26)(H,21,22). The zero-order valence-electron chi connectivity index (χ0n) is 15.7. The van der Waals surface area contributed by atoms with Crippen LogP contribution >= 0.6 is 0 Å². The van der Waals surface area contributed by atoms with Crippen LogP contribution in [0.25, 0.3) is 11.0 Å². The predicted octanol–water partition coefficient (Wildman–Crippen LogP) is 2.47. The Kier molecular flexibility index (Phi) is 5.15. The molecule has 0 spiro atoms. The topological polar surface area (TPSA) is 81.3 Å². The number of aromatic nitrogens is 2. The lowest BCUT2D eigenvalue weighted by atomic mass is 9.97. The molecule has 140 valence electrons. The molecule has 1 fully saturated rings. The van der Waals surface area contributed by atoms with Crippen molar-refractivity contribution < 1.29 is 9.59 Å². The number of rotatable bonds is 2. The highest BCUT2D eigenvalue weighted by atomic mass is 16.2. The van der Waals surface area contributed by atoms with Gasteiger partial charge in [-0.15, -0.1) is 0 Å². The molecule has 1 saturated heterocycles. The average molecular weight is 357 g/mol. The van der Waals surface area contributed by atoms with Crippen LogP contribution in [0, 0.1) is 5.41 Å². The molecule has 2 N–H and O–H groups in total. The van der Waals surface area contributed by atoms with E-state index >= 15 is 0 Å². The summed E-state index contributed by atoms with van der Waals surface area (Å²) in [6.45, 7) is 9.32. The van der Waals surface area contributed by atoms with Crippen LogP contribution in [0.15, 0.2) is 24.5 Å². The molecule has 0 atom stereocenters. The van der Waals surface area contributed by atoms with E-state index in [0.29, 0.717) is 38.3 Å². The number of hydrogen-bond acceptors (Lipinski definition) is 3. The second-order valence-corrected chi connectivity index (χ2v) is 7.99. The Labute approximate surface area is 153 Å². The first kappa shape index (κ1) is 18.2. The zero-order valence-corrected chi connectivity index (χ0v) is 15.7. The molecule has 3 amide bonds. The Morgan fingerprint density at radius 1 is 1.15 bits per heavy atom. The molecule has 0 radical (unpaired) electrons. The number of aromatic amines is 1. The number of imidazole rings is 1. The minimum Gasteiger partial charge on any atom is -0.345 e. The Bertz CT molecular complexity index is 793. The molecule has 26 heavy (non-hydrogen) atoms. The van der Waals surface area contributed by atoms with Crippen LogP contribution < -0.4 is 5.32 Å².